The molecular weight excluding hydrogens is 315 g/mol. The lowest BCUT2D eigenvalue weighted by Crippen LogP contribution is -2.27. The van der Waals surface area contributed by atoms with Crippen molar-refractivity contribution in [3.05, 3.63) is 27.8 Å². The number of rotatable bonds is 2. The monoisotopic (exact) mass is 330 g/mol. The topological polar surface area (TPSA) is 41.1 Å². The molecule has 4 heteroatoms. The summed E-state index contributed by atoms with van der Waals surface area (Å²) < 4.78 is 1.20. The van der Waals surface area contributed by atoms with E-state index in [1.54, 1.807) is 0 Å². The molecule has 2 N–H and O–H groups in total. The van der Waals surface area contributed by atoms with E-state index in [4.69, 9.17) is 0 Å². The van der Waals surface area contributed by atoms with Crippen LogP contribution >= 0.6 is 22.6 Å². The van der Waals surface area contributed by atoms with E-state index in [2.05, 4.69) is 45.4 Å². The summed E-state index contributed by atoms with van der Waals surface area (Å²) in [6.45, 7) is 0.808. The van der Waals surface area contributed by atoms with Crippen molar-refractivity contribution in [2.45, 2.75) is 25.3 Å². The normalized spacial score (nSPS) is 21.1. The van der Waals surface area contributed by atoms with Crippen LogP contribution in [-0.2, 0) is 4.79 Å². The zero-order valence-electron chi connectivity index (χ0n) is 9.00. The largest absolute Gasteiger partial charge is 0.381 e. The predicted molar refractivity (Wildman–Crippen MR) is 73.4 cm³/mol. The first-order chi connectivity index (χ1) is 7.75. The van der Waals surface area contributed by atoms with Gasteiger partial charge < -0.3 is 10.6 Å². The van der Waals surface area contributed by atoms with Gasteiger partial charge in [0.1, 0.15) is 0 Å². The SMILES string of the molecule is O=C1CC(Nc2ccccc2I)CCCN1. The third-order valence-corrected chi connectivity index (χ3v) is 3.66. The molecule has 2 rings (SSSR count). The van der Waals surface area contributed by atoms with E-state index in [-0.39, 0.29) is 11.9 Å². The molecule has 86 valence electrons. The number of halogens is 1. The third-order valence-electron chi connectivity index (χ3n) is 2.72. The lowest BCUT2D eigenvalue weighted by Gasteiger charge is -2.17. The molecule has 0 spiro atoms. The average Bonchev–Trinajstić information content (AvgIpc) is 2.46. The lowest BCUT2D eigenvalue weighted by atomic mass is 10.1. The molecule has 0 bridgehead atoms. The van der Waals surface area contributed by atoms with Crippen molar-refractivity contribution in [2.24, 2.45) is 0 Å². The minimum atomic E-state index is 0.154. The van der Waals surface area contributed by atoms with E-state index < -0.39 is 0 Å². The molecule has 1 unspecified atom stereocenters. The van der Waals surface area contributed by atoms with Gasteiger partial charge in [0, 0.05) is 28.3 Å². The van der Waals surface area contributed by atoms with E-state index in [1.165, 1.54) is 3.57 Å². The first-order valence-electron chi connectivity index (χ1n) is 5.53. The summed E-state index contributed by atoms with van der Waals surface area (Å²) in [4.78, 5) is 11.4. The zero-order chi connectivity index (χ0) is 11.4. The van der Waals surface area contributed by atoms with Gasteiger partial charge in [-0.15, -0.1) is 0 Å². The van der Waals surface area contributed by atoms with Crippen molar-refractivity contribution >= 4 is 34.2 Å². The molecule has 0 radical (unpaired) electrons. The maximum absolute atomic E-state index is 11.4. The van der Waals surface area contributed by atoms with Crippen LogP contribution in [0.3, 0.4) is 0 Å². The van der Waals surface area contributed by atoms with Crippen LogP contribution in [0.5, 0.6) is 0 Å². The van der Waals surface area contributed by atoms with E-state index >= 15 is 0 Å². The van der Waals surface area contributed by atoms with Gasteiger partial charge in [-0.2, -0.15) is 0 Å². The molecule has 1 fully saturated rings. The molecule has 1 aliphatic rings. The minimum Gasteiger partial charge on any atom is -0.381 e. The fraction of sp³-hybridized carbons (Fsp3) is 0.417. The Morgan fingerprint density at radius 1 is 1.38 bits per heavy atom. The molecule has 1 saturated heterocycles. The van der Waals surface area contributed by atoms with Crippen LogP contribution in [0, 0.1) is 3.57 Å². The number of anilines is 1. The second kappa shape index (κ2) is 5.52. The molecule has 1 amide bonds. The molecule has 16 heavy (non-hydrogen) atoms. The quantitative estimate of drug-likeness (QED) is 0.818. The van der Waals surface area contributed by atoms with Gasteiger partial charge >= 0.3 is 0 Å². The maximum Gasteiger partial charge on any atom is 0.222 e. The Bertz CT molecular complexity index is 381. The molecule has 0 aliphatic carbocycles. The van der Waals surface area contributed by atoms with Gasteiger partial charge in [-0.1, -0.05) is 12.1 Å². The Morgan fingerprint density at radius 2 is 2.19 bits per heavy atom. The van der Waals surface area contributed by atoms with Crippen molar-refractivity contribution in [1.29, 1.82) is 0 Å². The molecule has 1 heterocycles. The number of nitrogens with one attached hydrogen (secondary N) is 2. The Hall–Kier alpha value is -0.780. The highest BCUT2D eigenvalue weighted by Gasteiger charge is 2.17. The molecule has 0 aromatic heterocycles. The summed E-state index contributed by atoms with van der Waals surface area (Å²) in [6, 6.07) is 8.43. The van der Waals surface area contributed by atoms with E-state index in [1.807, 2.05) is 12.1 Å². The van der Waals surface area contributed by atoms with Gasteiger partial charge in [-0.05, 0) is 47.6 Å². The van der Waals surface area contributed by atoms with Crippen LogP contribution < -0.4 is 10.6 Å². The summed E-state index contributed by atoms with van der Waals surface area (Å²) >= 11 is 2.31. The average molecular weight is 330 g/mol. The van der Waals surface area contributed by atoms with Crippen molar-refractivity contribution in [3.63, 3.8) is 0 Å². The Balaban J connectivity index is 2.03. The van der Waals surface area contributed by atoms with Gasteiger partial charge in [0.25, 0.3) is 0 Å². The van der Waals surface area contributed by atoms with E-state index in [0.29, 0.717) is 6.42 Å². The number of carbonyl (C=O) groups is 1. The van der Waals surface area contributed by atoms with Crippen molar-refractivity contribution in [2.75, 3.05) is 11.9 Å². The van der Waals surface area contributed by atoms with E-state index in [9.17, 15) is 4.79 Å². The molecule has 1 atom stereocenters. The van der Waals surface area contributed by atoms with Gasteiger partial charge in [-0.3, -0.25) is 4.79 Å². The van der Waals surface area contributed by atoms with Crippen molar-refractivity contribution < 1.29 is 4.79 Å². The highest BCUT2D eigenvalue weighted by Crippen LogP contribution is 2.20. The summed E-state index contributed by atoms with van der Waals surface area (Å²) in [7, 11) is 0. The van der Waals surface area contributed by atoms with Crippen LogP contribution in [0.4, 0.5) is 5.69 Å². The fourth-order valence-electron chi connectivity index (χ4n) is 1.90. The molecular formula is C12H15IN2O. The molecule has 0 saturated carbocycles. The zero-order valence-corrected chi connectivity index (χ0v) is 11.2. The number of hydrogen-bond acceptors (Lipinski definition) is 2. The van der Waals surface area contributed by atoms with Gasteiger partial charge in [-0.25, -0.2) is 0 Å². The number of amides is 1. The highest BCUT2D eigenvalue weighted by molar-refractivity contribution is 14.1. The van der Waals surface area contributed by atoms with Crippen LogP contribution in [-0.4, -0.2) is 18.5 Å². The third kappa shape index (κ3) is 3.10. The van der Waals surface area contributed by atoms with Crippen LogP contribution in [0.25, 0.3) is 0 Å². The first kappa shape index (κ1) is 11.7. The van der Waals surface area contributed by atoms with Gasteiger partial charge in [0.2, 0.25) is 5.91 Å². The standard InChI is InChI=1S/C12H15IN2O/c13-10-5-1-2-6-11(10)15-9-4-3-7-14-12(16)8-9/h1-2,5-6,9,15H,3-4,7-8H2,(H,14,16). The van der Waals surface area contributed by atoms with E-state index in [0.717, 1.165) is 25.1 Å². The maximum atomic E-state index is 11.4. The molecule has 1 aliphatic heterocycles. The van der Waals surface area contributed by atoms with Gasteiger partial charge in [0.05, 0.1) is 0 Å². The molecule has 3 nitrogen and oxygen atoms in total. The molecule has 1 aromatic rings. The highest BCUT2D eigenvalue weighted by atomic mass is 127. The second-order valence-corrected chi connectivity index (χ2v) is 5.18. The summed E-state index contributed by atoms with van der Waals surface area (Å²) in [6.07, 6.45) is 2.67. The van der Waals surface area contributed by atoms with Crippen molar-refractivity contribution in [3.8, 4) is 0 Å². The molecule has 1 aromatic carbocycles. The predicted octanol–water partition coefficient (Wildman–Crippen LogP) is 2.37. The summed E-state index contributed by atoms with van der Waals surface area (Å²) in [5, 5.41) is 6.35. The van der Waals surface area contributed by atoms with Crippen LogP contribution in [0.2, 0.25) is 0 Å². The van der Waals surface area contributed by atoms with Crippen molar-refractivity contribution in [1.82, 2.24) is 5.32 Å². The summed E-state index contributed by atoms with van der Waals surface area (Å²) in [5.41, 5.74) is 1.13. The minimum absolute atomic E-state index is 0.154. The Morgan fingerprint density at radius 3 is 3.00 bits per heavy atom. The first-order valence-corrected chi connectivity index (χ1v) is 6.61. The number of hydrogen-bond donors (Lipinski definition) is 2. The lowest BCUT2D eigenvalue weighted by molar-refractivity contribution is -0.120. The number of benzene rings is 1. The van der Waals surface area contributed by atoms with Crippen LogP contribution in [0.15, 0.2) is 24.3 Å². The Labute approximate surface area is 109 Å². The smallest absolute Gasteiger partial charge is 0.222 e. The number of carbonyl (C=O) groups excluding carboxylic acids is 1. The fourth-order valence-corrected chi connectivity index (χ4v) is 2.44. The summed E-state index contributed by atoms with van der Waals surface area (Å²) in [5.74, 6) is 0.154. The van der Waals surface area contributed by atoms with Crippen LogP contribution in [0.1, 0.15) is 19.3 Å². The second-order valence-electron chi connectivity index (χ2n) is 4.02. The number of para-hydroxylation sites is 1. The van der Waals surface area contributed by atoms with Gasteiger partial charge in [0.15, 0.2) is 0 Å². The Kier molecular flexibility index (Phi) is 4.04.